The molecule has 7 heteroatoms. The molecule has 0 amide bonds. The van der Waals surface area contributed by atoms with Crippen LogP contribution in [0.3, 0.4) is 0 Å². The lowest BCUT2D eigenvalue weighted by Crippen LogP contribution is -2.16. The molecule has 104 valence electrons. The Morgan fingerprint density at radius 2 is 2.21 bits per heavy atom. The van der Waals surface area contributed by atoms with E-state index in [0.717, 1.165) is 22.4 Å². The van der Waals surface area contributed by atoms with Crippen molar-refractivity contribution in [3.05, 3.63) is 18.2 Å². The van der Waals surface area contributed by atoms with E-state index in [1.807, 2.05) is 19.1 Å². The first-order chi connectivity index (χ1) is 9.04. The highest BCUT2D eigenvalue weighted by molar-refractivity contribution is 7.92. The van der Waals surface area contributed by atoms with Gasteiger partial charge in [-0.05, 0) is 24.6 Å². The van der Waals surface area contributed by atoms with Crippen molar-refractivity contribution in [2.45, 2.75) is 19.8 Å². The van der Waals surface area contributed by atoms with Crippen LogP contribution in [-0.4, -0.2) is 26.3 Å². The zero-order valence-corrected chi connectivity index (χ0v) is 12.5. The highest BCUT2D eigenvalue weighted by Crippen LogP contribution is 2.29. The van der Waals surface area contributed by atoms with Gasteiger partial charge in [0, 0.05) is 0 Å². The van der Waals surface area contributed by atoms with E-state index in [0.29, 0.717) is 11.6 Å². The molecule has 19 heavy (non-hydrogen) atoms. The van der Waals surface area contributed by atoms with Crippen LogP contribution < -0.4 is 9.46 Å². The number of sulfonamides is 1. The Bertz CT molecular complexity index is 665. The summed E-state index contributed by atoms with van der Waals surface area (Å²) in [5.74, 6) is 0.861. The minimum absolute atomic E-state index is 0.128. The molecule has 1 aromatic heterocycles. The number of nitrogens with zero attached hydrogens (tertiary/aromatic N) is 1. The topological polar surface area (TPSA) is 68.3 Å². The van der Waals surface area contributed by atoms with Crippen molar-refractivity contribution in [3.8, 4) is 5.75 Å². The average molecular weight is 300 g/mol. The van der Waals surface area contributed by atoms with Gasteiger partial charge < -0.3 is 4.74 Å². The first-order valence-corrected chi connectivity index (χ1v) is 8.46. The number of fused-ring (bicyclic) bond motifs is 1. The highest BCUT2D eigenvalue weighted by Gasteiger charge is 2.13. The molecule has 2 rings (SSSR count). The monoisotopic (exact) mass is 300 g/mol. The smallest absolute Gasteiger partial charge is 0.234 e. The zero-order valence-electron chi connectivity index (χ0n) is 10.8. The molecular formula is C12H16N2O3S2. The molecule has 0 fully saturated rings. The van der Waals surface area contributed by atoms with E-state index in [1.54, 1.807) is 13.2 Å². The molecule has 0 spiro atoms. The number of ether oxygens (including phenoxy) is 1. The molecule has 0 unspecified atom stereocenters. The summed E-state index contributed by atoms with van der Waals surface area (Å²) < 4.78 is 32.1. The molecule has 0 aliphatic heterocycles. The number of methoxy groups -OCH3 is 1. The lowest BCUT2D eigenvalue weighted by atomic mass is 10.3. The maximum Gasteiger partial charge on any atom is 0.234 e. The summed E-state index contributed by atoms with van der Waals surface area (Å²) in [4.78, 5) is 4.25. The Labute approximate surface area is 116 Å². The predicted octanol–water partition coefficient (Wildman–Crippen LogP) is 2.85. The Morgan fingerprint density at radius 3 is 2.89 bits per heavy atom. The van der Waals surface area contributed by atoms with Crippen molar-refractivity contribution in [3.63, 3.8) is 0 Å². The molecule has 1 aromatic carbocycles. The van der Waals surface area contributed by atoms with E-state index < -0.39 is 10.0 Å². The number of unbranched alkanes of at least 4 members (excludes halogenated alkanes) is 1. The van der Waals surface area contributed by atoms with Gasteiger partial charge in [-0.25, -0.2) is 13.4 Å². The van der Waals surface area contributed by atoms with Crippen molar-refractivity contribution < 1.29 is 13.2 Å². The van der Waals surface area contributed by atoms with Gasteiger partial charge in [-0.3, -0.25) is 4.72 Å². The van der Waals surface area contributed by atoms with Gasteiger partial charge in [0.1, 0.15) is 5.75 Å². The molecular weight excluding hydrogens is 284 g/mol. The van der Waals surface area contributed by atoms with E-state index in [4.69, 9.17) is 4.74 Å². The van der Waals surface area contributed by atoms with Gasteiger partial charge in [0.2, 0.25) is 10.0 Å². The van der Waals surface area contributed by atoms with E-state index in [2.05, 4.69) is 9.71 Å². The van der Waals surface area contributed by atoms with E-state index >= 15 is 0 Å². The number of benzene rings is 1. The fourth-order valence-corrected chi connectivity index (χ4v) is 3.97. The summed E-state index contributed by atoms with van der Waals surface area (Å²) in [6, 6.07) is 5.46. The Morgan fingerprint density at radius 1 is 1.42 bits per heavy atom. The second-order valence-corrected chi connectivity index (χ2v) is 7.00. The second kappa shape index (κ2) is 5.75. The summed E-state index contributed by atoms with van der Waals surface area (Å²) in [6.45, 7) is 1.96. The Kier molecular flexibility index (Phi) is 4.26. The quantitative estimate of drug-likeness (QED) is 0.890. The van der Waals surface area contributed by atoms with Crippen LogP contribution in [0, 0.1) is 0 Å². The van der Waals surface area contributed by atoms with Gasteiger partial charge in [-0.2, -0.15) is 0 Å². The van der Waals surface area contributed by atoms with Crippen molar-refractivity contribution in [1.29, 1.82) is 0 Å². The molecule has 0 saturated carbocycles. The lowest BCUT2D eigenvalue weighted by Gasteiger charge is -2.02. The van der Waals surface area contributed by atoms with Crippen LogP contribution in [0.15, 0.2) is 18.2 Å². The van der Waals surface area contributed by atoms with Crippen LogP contribution in [0.5, 0.6) is 5.75 Å². The number of thiazole rings is 1. The summed E-state index contributed by atoms with van der Waals surface area (Å²) in [6.07, 6.45) is 1.49. The van der Waals surface area contributed by atoms with Gasteiger partial charge in [-0.1, -0.05) is 24.7 Å². The minimum Gasteiger partial charge on any atom is -0.497 e. The normalized spacial score (nSPS) is 11.7. The molecule has 0 aliphatic rings. The molecule has 0 aliphatic carbocycles. The van der Waals surface area contributed by atoms with Crippen molar-refractivity contribution in [2.24, 2.45) is 0 Å². The lowest BCUT2D eigenvalue weighted by molar-refractivity contribution is 0.415. The third kappa shape index (κ3) is 3.57. The summed E-state index contributed by atoms with van der Waals surface area (Å²) >= 11 is 1.31. The Balaban J connectivity index is 2.22. The minimum atomic E-state index is -3.29. The largest absolute Gasteiger partial charge is 0.497 e. The predicted molar refractivity (Wildman–Crippen MR) is 78.5 cm³/mol. The van der Waals surface area contributed by atoms with Crippen LogP contribution in [-0.2, 0) is 10.0 Å². The van der Waals surface area contributed by atoms with E-state index in [1.165, 1.54) is 11.3 Å². The summed E-state index contributed by atoms with van der Waals surface area (Å²) in [5, 5.41) is 0.402. The third-order valence-corrected chi connectivity index (χ3v) is 5.00. The zero-order chi connectivity index (χ0) is 13.9. The second-order valence-electron chi connectivity index (χ2n) is 4.13. The maximum atomic E-state index is 11.8. The maximum absolute atomic E-state index is 11.8. The summed E-state index contributed by atoms with van der Waals surface area (Å²) in [5.41, 5.74) is 0.763. The molecule has 1 heterocycles. The molecule has 1 N–H and O–H groups in total. The van der Waals surface area contributed by atoms with Crippen LogP contribution >= 0.6 is 11.3 Å². The van der Waals surface area contributed by atoms with Crippen molar-refractivity contribution in [2.75, 3.05) is 17.6 Å². The number of hydrogen-bond donors (Lipinski definition) is 1. The third-order valence-electron chi connectivity index (χ3n) is 2.61. The average Bonchev–Trinajstić information content (AvgIpc) is 2.76. The number of anilines is 1. The number of hydrogen-bond acceptors (Lipinski definition) is 5. The molecule has 0 saturated heterocycles. The highest BCUT2D eigenvalue weighted by atomic mass is 32.2. The molecule has 2 aromatic rings. The molecule has 0 atom stereocenters. The number of aromatic nitrogens is 1. The number of nitrogens with one attached hydrogen (secondary N) is 1. The molecule has 0 radical (unpaired) electrons. The number of rotatable bonds is 6. The fourth-order valence-electron chi connectivity index (χ4n) is 1.59. The first-order valence-electron chi connectivity index (χ1n) is 5.99. The van der Waals surface area contributed by atoms with Crippen LogP contribution in [0.2, 0.25) is 0 Å². The SMILES string of the molecule is CCCCS(=O)(=O)Nc1nc2ccc(OC)cc2s1. The first kappa shape index (κ1) is 14.1. The molecule has 0 bridgehead atoms. The standard InChI is InChI=1S/C12H16N2O3S2/c1-3-4-7-19(15,16)14-12-13-10-6-5-9(17-2)8-11(10)18-12/h5-6,8H,3-4,7H2,1-2H3,(H,13,14). The Hall–Kier alpha value is -1.34. The molecule has 5 nitrogen and oxygen atoms in total. The van der Waals surface area contributed by atoms with Gasteiger partial charge in [0.05, 0.1) is 23.1 Å². The summed E-state index contributed by atoms with van der Waals surface area (Å²) in [7, 11) is -1.70. The van der Waals surface area contributed by atoms with E-state index in [-0.39, 0.29) is 5.75 Å². The van der Waals surface area contributed by atoms with E-state index in [9.17, 15) is 8.42 Å². The van der Waals surface area contributed by atoms with Gasteiger partial charge >= 0.3 is 0 Å². The van der Waals surface area contributed by atoms with Crippen LogP contribution in [0.1, 0.15) is 19.8 Å². The van der Waals surface area contributed by atoms with Crippen LogP contribution in [0.4, 0.5) is 5.13 Å². The van der Waals surface area contributed by atoms with Crippen molar-refractivity contribution >= 4 is 36.7 Å². The fraction of sp³-hybridized carbons (Fsp3) is 0.417. The van der Waals surface area contributed by atoms with Gasteiger partial charge in [-0.15, -0.1) is 0 Å². The van der Waals surface area contributed by atoms with Crippen molar-refractivity contribution in [1.82, 2.24) is 4.98 Å². The van der Waals surface area contributed by atoms with Crippen LogP contribution in [0.25, 0.3) is 10.2 Å². The van der Waals surface area contributed by atoms with Gasteiger partial charge in [0.25, 0.3) is 0 Å². The van der Waals surface area contributed by atoms with Gasteiger partial charge in [0.15, 0.2) is 5.13 Å².